The first-order chi connectivity index (χ1) is 12.0. The predicted molar refractivity (Wildman–Crippen MR) is 122 cm³/mol. The van der Waals surface area contributed by atoms with Crippen molar-refractivity contribution in [3.8, 4) is 0 Å². The van der Waals surface area contributed by atoms with E-state index in [1.807, 2.05) is 0 Å². The number of hydrogen-bond acceptors (Lipinski definition) is 1. The predicted octanol–water partition coefficient (Wildman–Crippen LogP) is 8.20. The van der Waals surface area contributed by atoms with E-state index in [9.17, 15) is 4.79 Å². The van der Waals surface area contributed by atoms with Gasteiger partial charge in [-0.3, -0.25) is 4.79 Å². The Morgan fingerprint density at radius 1 is 0.640 bits per heavy atom. The number of hydrogen-bond donors (Lipinski definition) is 1. The lowest BCUT2D eigenvalue weighted by Gasteiger charge is -2.12. The van der Waals surface area contributed by atoms with Crippen LogP contribution in [0.5, 0.6) is 0 Å². The lowest BCUT2D eigenvalue weighted by atomic mass is 10.0. The van der Waals surface area contributed by atoms with Crippen molar-refractivity contribution in [2.75, 3.05) is 6.54 Å². The molecule has 0 aromatic carbocycles. The Balaban J connectivity index is 3.11. The molecule has 0 fully saturated rings. The SMILES string of the molecule is CCCCCCCCCCCCCCCCCCNC(=O)C(Br)(Br)Br. The number of halogens is 3. The molecule has 0 bridgehead atoms. The van der Waals surface area contributed by atoms with Gasteiger partial charge in [0.1, 0.15) is 0 Å². The van der Waals surface area contributed by atoms with E-state index in [2.05, 4.69) is 60.0 Å². The van der Waals surface area contributed by atoms with E-state index in [-0.39, 0.29) is 5.91 Å². The van der Waals surface area contributed by atoms with E-state index in [1.165, 1.54) is 96.3 Å². The van der Waals surface area contributed by atoms with Gasteiger partial charge in [0, 0.05) is 6.54 Å². The van der Waals surface area contributed by atoms with Gasteiger partial charge < -0.3 is 5.32 Å². The van der Waals surface area contributed by atoms with Crippen molar-refractivity contribution < 1.29 is 4.79 Å². The van der Waals surface area contributed by atoms with Crippen molar-refractivity contribution in [2.45, 2.75) is 112 Å². The van der Waals surface area contributed by atoms with Crippen molar-refractivity contribution in [3.05, 3.63) is 0 Å². The molecule has 1 amide bonds. The number of unbranched alkanes of at least 4 members (excludes halogenated alkanes) is 15. The van der Waals surface area contributed by atoms with E-state index >= 15 is 0 Å². The number of carbonyl (C=O) groups is 1. The molecular formula is C20H38Br3NO. The van der Waals surface area contributed by atoms with Crippen molar-refractivity contribution in [1.82, 2.24) is 5.32 Å². The van der Waals surface area contributed by atoms with Crippen LogP contribution in [0.4, 0.5) is 0 Å². The first-order valence-electron chi connectivity index (χ1n) is 10.3. The highest BCUT2D eigenvalue weighted by molar-refractivity contribution is 9.40. The highest BCUT2D eigenvalue weighted by Crippen LogP contribution is 2.33. The van der Waals surface area contributed by atoms with Crippen LogP contribution in [0.2, 0.25) is 0 Å². The molecule has 0 aliphatic heterocycles. The van der Waals surface area contributed by atoms with Crippen LogP contribution in [0, 0.1) is 0 Å². The summed E-state index contributed by atoms with van der Waals surface area (Å²) >= 11 is 9.65. The minimum absolute atomic E-state index is 0.0755. The molecule has 0 saturated carbocycles. The number of amides is 1. The highest BCUT2D eigenvalue weighted by atomic mass is 80.0. The molecule has 0 aliphatic rings. The van der Waals surface area contributed by atoms with E-state index in [4.69, 9.17) is 0 Å². The summed E-state index contributed by atoms with van der Waals surface area (Å²) in [6, 6.07) is 0. The molecule has 0 unspecified atom stereocenters. The Bertz CT molecular complexity index is 306. The third-order valence-electron chi connectivity index (χ3n) is 4.57. The summed E-state index contributed by atoms with van der Waals surface area (Å²) in [5.41, 5.74) is 0. The Morgan fingerprint density at radius 2 is 0.960 bits per heavy atom. The molecule has 2 nitrogen and oxygen atoms in total. The van der Waals surface area contributed by atoms with Crippen molar-refractivity contribution >= 4 is 53.7 Å². The van der Waals surface area contributed by atoms with Gasteiger partial charge in [0.2, 0.25) is 2.14 Å². The Hall–Kier alpha value is 0.910. The molecule has 0 heterocycles. The number of alkyl halides is 3. The maximum absolute atomic E-state index is 11.6. The van der Waals surface area contributed by atoms with E-state index in [1.54, 1.807) is 0 Å². The smallest absolute Gasteiger partial charge is 0.258 e. The summed E-state index contributed by atoms with van der Waals surface area (Å²) < 4.78 is -0.817. The van der Waals surface area contributed by atoms with Gasteiger partial charge in [0.15, 0.2) is 0 Å². The van der Waals surface area contributed by atoms with Gasteiger partial charge in [0.05, 0.1) is 0 Å². The summed E-state index contributed by atoms with van der Waals surface area (Å²) in [4.78, 5) is 11.6. The zero-order valence-corrected chi connectivity index (χ0v) is 20.8. The highest BCUT2D eigenvalue weighted by Gasteiger charge is 2.27. The normalized spacial score (nSPS) is 11.7. The molecule has 0 spiro atoms. The standard InChI is InChI=1S/C20H38Br3NO/c1-2-3-4-5-6-7-8-9-10-11-12-13-14-15-16-17-18-24-19(25)20(21,22)23/h2-18H2,1H3,(H,24,25). The molecule has 0 saturated heterocycles. The largest absolute Gasteiger partial charge is 0.353 e. The molecule has 150 valence electrons. The molecular weight excluding hydrogens is 510 g/mol. The molecule has 1 N–H and O–H groups in total. The minimum atomic E-state index is -0.817. The maximum Gasteiger partial charge on any atom is 0.258 e. The van der Waals surface area contributed by atoms with E-state index in [0.29, 0.717) is 0 Å². The summed E-state index contributed by atoms with van der Waals surface area (Å²) in [6.07, 6.45) is 21.9. The Labute approximate surface area is 181 Å². The molecule has 0 aromatic heterocycles. The number of nitrogens with one attached hydrogen (secondary N) is 1. The average Bonchev–Trinajstić information content (AvgIpc) is 2.56. The van der Waals surface area contributed by atoms with Crippen molar-refractivity contribution in [1.29, 1.82) is 0 Å². The fraction of sp³-hybridized carbons (Fsp3) is 0.950. The van der Waals surface area contributed by atoms with Crippen molar-refractivity contribution in [3.63, 3.8) is 0 Å². The van der Waals surface area contributed by atoms with Gasteiger partial charge >= 0.3 is 0 Å². The first-order valence-corrected chi connectivity index (χ1v) is 12.7. The monoisotopic (exact) mass is 545 g/mol. The topological polar surface area (TPSA) is 29.1 Å². The molecule has 5 heteroatoms. The van der Waals surface area contributed by atoms with Crippen LogP contribution in [-0.4, -0.2) is 14.6 Å². The molecule has 0 aliphatic carbocycles. The second-order valence-electron chi connectivity index (χ2n) is 7.06. The van der Waals surface area contributed by atoms with Gasteiger partial charge in [-0.15, -0.1) is 0 Å². The lowest BCUT2D eigenvalue weighted by molar-refractivity contribution is -0.119. The quantitative estimate of drug-likeness (QED) is 0.144. The number of carbonyl (C=O) groups excluding carboxylic acids is 1. The fourth-order valence-corrected chi connectivity index (χ4v) is 3.40. The molecule has 0 atom stereocenters. The van der Waals surface area contributed by atoms with Crippen LogP contribution in [0.1, 0.15) is 110 Å². The molecule has 0 rings (SSSR count). The van der Waals surface area contributed by atoms with Crippen LogP contribution in [0.15, 0.2) is 0 Å². The molecule has 0 aromatic rings. The Kier molecular flexibility index (Phi) is 18.9. The fourth-order valence-electron chi connectivity index (χ4n) is 2.98. The maximum atomic E-state index is 11.6. The van der Waals surface area contributed by atoms with Gasteiger partial charge in [-0.05, 0) is 54.2 Å². The van der Waals surface area contributed by atoms with Crippen LogP contribution in [0.3, 0.4) is 0 Å². The third-order valence-corrected chi connectivity index (χ3v) is 5.65. The lowest BCUT2D eigenvalue weighted by Crippen LogP contribution is -2.34. The van der Waals surface area contributed by atoms with E-state index in [0.717, 1.165) is 13.0 Å². The molecule has 25 heavy (non-hydrogen) atoms. The first kappa shape index (κ1) is 25.9. The number of rotatable bonds is 17. The second kappa shape index (κ2) is 18.3. The minimum Gasteiger partial charge on any atom is -0.353 e. The van der Waals surface area contributed by atoms with Gasteiger partial charge in [0.25, 0.3) is 5.91 Å². The summed E-state index contributed by atoms with van der Waals surface area (Å²) in [6.45, 7) is 3.03. The van der Waals surface area contributed by atoms with Gasteiger partial charge in [-0.25, -0.2) is 0 Å². The Morgan fingerprint density at radius 3 is 1.28 bits per heavy atom. The third kappa shape index (κ3) is 19.5. The summed E-state index contributed by atoms with van der Waals surface area (Å²) in [5, 5.41) is 2.89. The molecule has 0 radical (unpaired) electrons. The van der Waals surface area contributed by atoms with Crippen LogP contribution >= 0.6 is 47.8 Å². The van der Waals surface area contributed by atoms with Gasteiger partial charge in [-0.2, -0.15) is 0 Å². The average molecular weight is 548 g/mol. The van der Waals surface area contributed by atoms with Crippen LogP contribution < -0.4 is 5.32 Å². The summed E-state index contributed by atoms with van der Waals surface area (Å²) in [5.74, 6) is -0.0755. The summed E-state index contributed by atoms with van der Waals surface area (Å²) in [7, 11) is 0. The van der Waals surface area contributed by atoms with Crippen LogP contribution in [-0.2, 0) is 4.79 Å². The van der Waals surface area contributed by atoms with E-state index < -0.39 is 2.14 Å². The van der Waals surface area contributed by atoms with Crippen LogP contribution in [0.25, 0.3) is 0 Å². The zero-order chi connectivity index (χ0) is 18.8. The zero-order valence-electron chi connectivity index (χ0n) is 16.1. The van der Waals surface area contributed by atoms with Gasteiger partial charge in [-0.1, -0.05) is 103 Å². The second-order valence-corrected chi connectivity index (χ2v) is 13.8. The van der Waals surface area contributed by atoms with Crippen molar-refractivity contribution in [2.24, 2.45) is 0 Å².